The van der Waals surface area contributed by atoms with Gasteiger partial charge in [0.25, 0.3) is 0 Å². The summed E-state index contributed by atoms with van der Waals surface area (Å²) in [4.78, 5) is 23.1. The van der Waals surface area contributed by atoms with Gasteiger partial charge in [-0.3, -0.25) is 9.59 Å². The molecule has 3 atom stereocenters. The van der Waals surface area contributed by atoms with Crippen LogP contribution in [0.5, 0.6) is 0 Å². The van der Waals surface area contributed by atoms with E-state index in [4.69, 9.17) is 5.11 Å². The van der Waals surface area contributed by atoms with Crippen molar-refractivity contribution in [3.05, 3.63) is 0 Å². The fourth-order valence-electron chi connectivity index (χ4n) is 2.29. The molecule has 98 valence electrons. The Morgan fingerprint density at radius 2 is 2.00 bits per heavy atom. The van der Waals surface area contributed by atoms with E-state index in [2.05, 4.69) is 0 Å². The maximum Gasteiger partial charge on any atom is 0.406 e. The number of aliphatic carboxylic acids is 1. The molecule has 0 bridgehead atoms. The number of piperidine rings is 1. The van der Waals surface area contributed by atoms with Crippen molar-refractivity contribution in [2.24, 2.45) is 11.8 Å². The zero-order valence-electron chi connectivity index (χ0n) is 9.49. The highest BCUT2D eigenvalue weighted by Crippen LogP contribution is 2.32. The molecule has 17 heavy (non-hydrogen) atoms. The van der Waals surface area contributed by atoms with Crippen LogP contribution in [0.3, 0.4) is 0 Å². The van der Waals surface area contributed by atoms with Crippen molar-refractivity contribution in [1.29, 1.82) is 0 Å². The van der Waals surface area contributed by atoms with Gasteiger partial charge in [-0.15, -0.1) is 0 Å². The summed E-state index contributed by atoms with van der Waals surface area (Å²) in [5, 5.41) is 8.96. The number of carboxylic acid groups (broad SMARTS) is 1. The van der Waals surface area contributed by atoms with Gasteiger partial charge in [-0.05, 0) is 12.8 Å². The summed E-state index contributed by atoms with van der Waals surface area (Å²) in [6.07, 6.45) is -4.66. The number of nitrogens with zero attached hydrogens (tertiary/aromatic N) is 1. The number of alkyl halides is 3. The van der Waals surface area contributed by atoms with E-state index in [0.717, 1.165) is 0 Å². The van der Waals surface area contributed by atoms with Gasteiger partial charge in [0.1, 0.15) is 6.54 Å². The van der Waals surface area contributed by atoms with E-state index in [9.17, 15) is 22.8 Å². The molecule has 3 unspecified atom stereocenters. The number of carboxylic acids is 1. The summed E-state index contributed by atoms with van der Waals surface area (Å²) in [6.45, 7) is 1.53. The molecule has 1 amide bonds. The molecule has 1 saturated heterocycles. The van der Waals surface area contributed by atoms with E-state index in [-0.39, 0.29) is 6.42 Å². The van der Waals surface area contributed by atoms with Crippen molar-refractivity contribution < 1.29 is 27.9 Å². The first-order valence-electron chi connectivity index (χ1n) is 5.22. The summed E-state index contributed by atoms with van der Waals surface area (Å²) in [7, 11) is 0. The summed E-state index contributed by atoms with van der Waals surface area (Å²) < 4.78 is 36.8. The van der Waals surface area contributed by atoms with Crippen molar-refractivity contribution in [1.82, 2.24) is 4.90 Å². The van der Waals surface area contributed by atoms with Crippen LogP contribution in [-0.2, 0) is 9.59 Å². The molecule has 1 fully saturated rings. The fourth-order valence-corrected chi connectivity index (χ4v) is 2.29. The smallest absolute Gasteiger partial charge is 0.406 e. The van der Waals surface area contributed by atoms with Crippen molar-refractivity contribution in [2.45, 2.75) is 32.5 Å². The third-order valence-corrected chi connectivity index (χ3v) is 3.08. The van der Waals surface area contributed by atoms with Crippen LogP contribution in [0, 0.1) is 11.8 Å². The maximum atomic E-state index is 12.3. The van der Waals surface area contributed by atoms with Crippen molar-refractivity contribution in [3.63, 3.8) is 0 Å². The Labute approximate surface area is 96.4 Å². The molecule has 4 nitrogen and oxygen atoms in total. The normalized spacial score (nSPS) is 30.5. The SMILES string of the molecule is CC1CC(=O)N(CC(F)(F)F)C(C)C1C(=O)O. The van der Waals surface area contributed by atoms with Crippen molar-refractivity contribution in [2.75, 3.05) is 6.54 Å². The molecular formula is C10H14F3NO3. The number of hydrogen-bond donors (Lipinski definition) is 1. The van der Waals surface area contributed by atoms with Gasteiger partial charge in [0.05, 0.1) is 5.92 Å². The van der Waals surface area contributed by atoms with E-state index in [1.807, 2.05) is 0 Å². The van der Waals surface area contributed by atoms with Crippen LogP contribution >= 0.6 is 0 Å². The largest absolute Gasteiger partial charge is 0.481 e. The molecule has 7 heteroatoms. The quantitative estimate of drug-likeness (QED) is 0.811. The van der Waals surface area contributed by atoms with Crippen LogP contribution < -0.4 is 0 Å². The van der Waals surface area contributed by atoms with Gasteiger partial charge in [0.2, 0.25) is 5.91 Å². The molecule has 0 spiro atoms. The van der Waals surface area contributed by atoms with Gasteiger partial charge < -0.3 is 10.0 Å². The first-order valence-corrected chi connectivity index (χ1v) is 5.22. The van der Waals surface area contributed by atoms with Crippen LogP contribution in [0.2, 0.25) is 0 Å². The summed E-state index contributed by atoms with van der Waals surface area (Å²) >= 11 is 0. The molecule has 0 aromatic rings. The second-order valence-corrected chi connectivity index (χ2v) is 4.42. The molecule has 0 aromatic carbocycles. The molecule has 1 rings (SSSR count). The summed E-state index contributed by atoms with van der Waals surface area (Å²) in [6, 6.07) is -0.939. The Morgan fingerprint density at radius 3 is 2.41 bits per heavy atom. The van der Waals surface area contributed by atoms with E-state index >= 15 is 0 Å². The molecule has 1 aliphatic rings. The predicted molar refractivity (Wildman–Crippen MR) is 52.1 cm³/mol. The highest BCUT2D eigenvalue weighted by atomic mass is 19.4. The number of carbonyl (C=O) groups excluding carboxylic acids is 1. The number of rotatable bonds is 2. The average Bonchev–Trinajstić information content (AvgIpc) is 2.09. The molecular weight excluding hydrogens is 239 g/mol. The van der Waals surface area contributed by atoms with Crippen LogP contribution in [0.1, 0.15) is 20.3 Å². The lowest BCUT2D eigenvalue weighted by Crippen LogP contribution is -2.55. The standard InChI is InChI=1S/C10H14F3NO3/c1-5-3-7(15)14(4-10(11,12)13)6(2)8(5)9(16)17/h5-6,8H,3-4H2,1-2H3,(H,16,17). The summed E-state index contributed by atoms with van der Waals surface area (Å²) in [5.74, 6) is -3.20. The first-order chi connectivity index (χ1) is 7.63. The highest BCUT2D eigenvalue weighted by Gasteiger charge is 2.45. The monoisotopic (exact) mass is 253 g/mol. The highest BCUT2D eigenvalue weighted by molar-refractivity contribution is 5.81. The van der Waals surface area contributed by atoms with Gasteiger partial charge in [-0.1, -0.05) is 6.92 Å². The third-order valence-electron chi connectivity index (χ3n) is 3.08. The van der Waals surface area contributed by atoms with E-state index in [1.165, 1.54) is 6.92 Å². The zero-order valence-corrected chi connectivity index (χ0v) is 9.49. The predicted octanol–water partition coefficient (Wildman–Crippen LogP) is 1.51. The Morgan fingerprint density at radius 1 is 1.47 bits per heavy atom. The number of hydrogen-bond acceptors (Lipinski definition) is 2. The van der Waals surface area contributed by atoms with Crippen LogP contribution in [0.4, 0.5) is 13.2 Å². The lowest BCUT2D eigenvalue weighted by atomic mass is 9.81. The second-order valence-electron chi connectivity index (χ2n) is 4.42. The van der Waals surface area contributed by atoms with Gasteiger partial charge in [0, 0.05) is 12.5 Å². The van der Waals surface area contributed by atoms with Crippen LogP contribution in [-0.4, -0.2) is 40.6 Å². The van der Waals surface area contributed by atoms with Crippen LogP contribution in [0.25, 0.3) is 0 Å². The zero-order chi connectivity index (χ0) is 13.4. The minimum Gasteiger partial charge on any atom is -0.481 e. The van der Waals surface area contributed by atoms with E-state index < -0.39 is 42.5 Å². The molecule has 0 aliphatic carbocycles. The van der Waals surface area contributed by atoms with E-state index in [0.29, 0.717) is 4.90 Å². The van der Waals surface area contributed by atoms with Crippen molar-refractivity contribution >= 4 is 11.9 Å². The van der Waals surface area contributed by atoms with Gasteiger partial charge in [-0.2, -0.15) is 13.2 Å². The van der Waals surface area contributed by atoms with Gasteiger partial charge in [-0.25, -0.2) is 0 Å². The number of halogens is 3. The minimum atomic E-state index is -4.51. The third kappa shape index (κ3) is 3.10. The van der Waals surface area contributed by atoms with Crippen LogP contribution in [0.15, 0.2) is 0 Å². The molecule has 1 heterocycles. The Balaban J connectivity index is 2.90. The number of carbonyl (C=O) groups is 2. The Hall–Kier alpha value is -1.27. The van der Waals surface area contributed by atoms with Gasteiger partial charge >= 0.3 is 12.1 Å². The van der Waals surface area contributed by atoms with E-state index in [1.54, 1.807) is 6.92 Å². The lowest BCUT2D eigenvalue weighted by Gasteiger charge is -2.40. The Bertz CT molecular complexity index is 329. The molecule has 0 saturated carbocycles. The number of amides is 1. The minimum absolute atomic E-state index is 0.155. The Kier molecular flexibility index (Phi) is 3.68. The fraction of sp³-hybridized carbons (Fsp3) is 0.800. The maximum absolute atomic E-state index is 12.3. The summed E-state index contributed by atoms with van der Waals surface area (Å²) in [5.41, 5.74) is 0. The molecule has 0 radical (unpaired) electrons. The second kappa shape index (κ2) is 4.54. The lowest BCUT2D eigenvalue weighted by molar-refractivity contribution is -0.177. The number of likely N-dealkylation sites (tertiary alicyclic amines) is 1. The molecule has 1 aliphatic heterocycles. The molecule has 0 aromatic heterocycles. The first kappa shape index (κ1) is 13.8. The topological polar surface area (TPSA) is 57.6 Å². The average molecular weight is 253 g/mol. The van der Waals surface area contributed by atoms with Crippen molar-refractivity contribution in [3.8, 4) is 0 Å². The molecule has 1 N–H and O–H groups in total. The van der Waals surface area contributed by atoms with Gasteiger partial charge in [0.15, 0.2) is 0 Å².